The summed E-state index contributed by atoms with van der Waals surface area (Å²) in [4.78, 5) is 0. The molecule has 0 fully saturated rings. The van der Waals surface area contributed by atoms with Gasteiger partial charge in [-0.1, -0.05) is 63.1 Å². The third kappa shape index (κ3) is 3.51. The number of rotatable bonds is 6. The van der Waals surface area contributed by atoms with E-state index in [2.05, 4.69) is 37.5 Å². The quantitative estimate of drug-likeness (QED) is 0.474. The fourth-order valence-corrected chi connectivity index (χ4v) is 4.62. The lowest BCUT2D eigenvalue weighted by atomic mass is 9.67. The highest BCUT2D eigenvalue weighted by molar-refractivity contribution is 5.52. The molecule has 0 spiro atoms. The third-order valence-corrected chi connectivity index (χ3v) is 6.34. The Kier molecular flexibility index (Phi) is 6.00. The van der Waals surface area contributed by atoms with E-state index < -0.39 is 6.10 Å². The number of anilines is 1. The first-order valence-electron chi connectivity index (χ1n) is 9.91. The average molecular weight is 354 g/mol. The van der Waals surface area contributed by atoms with Crippen molar-refractivity contribution in [1.29, 1.82) is 0 Å². The van der Waals surface area contributed by atoms with E-state index in [9.17, 15) is 10.3 Å². The molecule has 0 saturated heterocycles. The predicted molar refractivity (Wildman–Crippen MR) is 107 cm³/mol. The normalized spacial score (nSPS) is 25.4. The highest BCUT2D eigenvalue weighted by atomic mass is 16.5. The number of hydrogen-bond acceptors (Lipinski definition) is 3. The number of unbranched alkanes of at least 4 members (excludes halogenated alkanes) is 1. The molecule has 3 nitrogen and oxygen atoms in total. The minimum absolute atomic E-state index is 0.0671. The minimum atomic E-state index is -0.434. The van der Waals surface area contributed by atoms with Crippen molar-refractivity contribution in [3.05, 3.63) is 65.2 Å². The van der Waals surface area contributed by atoms with Crippen LogP contribution in [0.15, 0.2) is 48.5 Å². The van der Waals surface area contributed by atoms with Crippen LogP contribution in [-0.2, 0) is 6.42 Å². The van der Waals surface area contributed by atoms with Crippen LogP contribution in [0.3, 0.4) is 0 Å². The van der Waals surface area contributed by atoms with Gasteiger partial charge in [-0.05, 0) is 59.9 Å². The van der Waals surface area contributed by atoms with Crippen LogP contribution in [-0.4, -0.2) is 16.4 Å². The Bertz CT molecular complexity index is 715. The molecule has 0 saturated carbocycles. The molecule has 0 heterocycles. The van der Waals surface area contributed by atoms with Gasteiger partial charge in [-0.2, -0.15) is 0 Å². The Morgan fingerprint density at radius 1 is 1.12 bits per heavy atom. The van der Waals surface area contributed by atoms with Crippen LogP contribution >= 0.6 is 0 Å². The van der Waals surface area contributed by atoms with Crippen molar-refractivity contribution < 1.29 is 10.3 Å². The molecular weight excluding hydrogens is 322 g/mol. The van der Waals surface area contributed by atoms with Gasteiger partial charge >= 0.3 is 0 Å². The maximum atomic E-state index is 11.7. The molecule has 0 unspecified atom stereocenters. The maximum absolute atomic E-state index is 11.7. The topological polar surface area (TPSA) is 52.5 Å². The van der Waals surface area contributed by atoms with Crippen molar-refractivity contribution in [2.45, 2.75) is 64.4 Å². The van der Waals surface area contributed by atoms with Crippen molar-refractivity contribution >= 4 is 5.69 Å². The number of aliphatic hydroxyl groups excluding tert-OH is 1. The molecular formula is C23H31NO2. The largest absolute Gasteiger partial charge is 0.392 e. The summed E-state index contributed by atoms with van der Waals surface area (Å²) >= 11 is 0. The van der Waals surface area contributed by atoms with E-state index in [1.165, 1.54) is 5.56 Å². The highest BCUT2D eigenvalue weighted by Gasteiger charge is 2.43. The number of aliphatic hydroxyl groups is 1. The van der Waals surface area contributed by atoms with Gasteiger partial charge in [0.15, 0.2) is 0 Å². The first-order valence-corrected chi connectivity index (χ1v) is 9.91. The molecule has 3 atom stereocenters. The number of hydrogen-bond donors (Lipinski definition) is 3. The second-order valence-corrected chi connectivity index (χ2v) is 7.68. The third-order valence-electron chi connectivity index (χ3n) is 6.34. The molecule has 0 aliphatic heterocycles. The summed E-state index contributed by atoms with van der Waals surface area (Å²) in [7, 11) is 0. The van der Waals surface area contributed by atoms with E-state index in [0.29, 0.717) is 5.69 Å². The number of aryl methyl sites for hydroxylation is 1. The maximum Gasteiger partial charge on any atom is 0.0705 e. The van der Waals surface area contributed by atoms with Gasteiger partial charge in [0.05, 0.1) is 11.8 Å². The summed E-state index contributed by atoms with van der Waals surface area (Å²) in [6, 6.07) is 16.3. The first-order chi connectivity index (χ1) is 12.6. The molecule has 3 rings (SSSR count). The minimum Gasteiger partial charge on any atom is -0.392 e. The Labute approximate surface area is 157 Å². The van der Waals surface area contributed by atoms with Gasteiger partial charge < -0.3 is 5.11 Å². The SMILES string of the molecule is CCCC[C@]1(CC)CCc2ccc(NO)cc2[C@H](c2ccccc2)[C@@H]1O. The van der Waals surface area contributed by atoms with Crippen LogP contribution in [0.4, 0.5) is 5.69 Å². The van der Waals surface area contributed by atoms with E-state index in [1.54, 1.807) is 0 Å². The molecule has 0 amide bonds. The summed E-state index contributed by atoms with van der Waals surface area (Å²) in [5.74, 6) is -0.0705. The van der Waals surface area contributed by atoms with Crippen molar-refractivity contribution in [2.24, 2.45) is 5.41 Å². The zero-order valence-electron chi connectivity index (χ0n) is 15.9. The van der Waals surface area contributed by atoms with Crippen LogP contribution < -0.4 is 5.48 Å². The summed E-state index contributed by atoms with van der Waals surface area (Å²) in [5.41, 5.74) is 6.44. The predicted octanol–water partition coefficient (Wildman–Crippen LogP) is 5.51. The monoisotopic (exact) mass is 353 g/mol. The molecule has 26 heavy (non-hydrogen) atoms. The Hall–Kier alpha value is -1.84. The number of fused-ring (bicyclic) bond motifs is 1. The Balaban J connectivity index is 2.13. The summed E-state index contributed by atoms with van der Waals surface area (Å²) < 4.78 is 0. The smallest absolute Gasteiger partial charge is 0.0705 e. The van der Waals surface area contributed by atoms with Gasteiger partial charge in [-0.25, -0.2) is 0 Å². The van der Waals surface area contributed by atoms with Crippen LogP contribution in [0.25, 0.3) is 0 Å². The molecule has 0 bridgehead atoms. The Morgan fingerprint density at radius 3 is 2.54 bits per heavy atom. The van der Waals surface area contributed by atoms with Gasteiger partial charge in [-0.15, -0.1) is 0 Å². The van der Waals surface area contributed by atoms with Crippen LogP contribution in [0.2, 0.25) is 0 Å². The van der Waals surface area contributed by atoms with E-state index in [-0.39, 0.29) is 11.3 Å². The fraction of sp³-hybridized carbons (Fsp3) is 0.478. The summed E-state index contributed by atoms with van der Waals surface area (Å²) in [6.45, 7) is 4.44. The molecule has 1 aliphatic rings. The molecule has 0 aromatic heterocycles. The zero-order chi connectivity index (χ0) is 18.6. The number of nitrogens with one attached hydrogen (secondary N) is 1. The van der Waals surface area contributed by atoms with Gasteiger partial charge in [-0.3, -0.25) is 10.7 Å². The standard InChI is InChI=1S/C23H31NO2/c1-3-5-14-23(4-2)15-13-17-11-12-19(24-26)16-20(17)21(22(23)25)18-9-7-6-8-10-18/h6-12,16,21-22,24-26H,3-5,13-15H2,1-2H3/t21-,22-,23+/m0/s1. The molecule has 3 heteroatoms. The van der Waals surface area contributed by atoms with Gasteiger partial charge in [0.2, 0.25) is 0 Å². The van der Waals surface area contributed by atoms with Gasteiger partial charge in [0.25, 0.3) is 0 Å². The van der Waals surface area contributed by atoms with Crippen LogP contribution in [0.1, 0.15) is 68.6 Å². The zero-order valence-corrected chi connectivity index (χ0v) is 15.9. The second kappa shape index (κ2) is 8.24. The number of benzene rings is 2. The van der Waals surface area contributed by atoms with E-state index in [1.807, 2.05) is 30.3 Å². The fourth-order valence-electron chi connectivity index (χ4n) is 4.62. The van der Waals surface area contributed by atoms with Crippen LogP contribution in [0, 0.1) is 5.41 Å². The van der Waals surface area contributed by atoms with Crippen molar-refractivity contribution in [3.8, 4) is 0 Å². The van der Waals surface area contributed by atoms with E-state index in [4.69, 9.17) is 0 Å². The highest BCUT2D eigenvalue weighted by Crippen LogP contribution is 2.49. The average Bonchev–Trinajstić information content (AvgIpc) is 2.81. The summed E-state index contributed by atoms with van der Waals surface area (Å²) in [6.07, 6.45) is 5.88. The van der Waals surface area contributed by atoms with Crippen molar-refractivity contribution in [1.82, 2.24) is 0 Å². The molecule has 140 valence electrons. The van der Waals surface area contributed by atoms with Crippen molar-refractivity contribution in [3.63, 3.8) is 0 Å². The Morgan fingerprint density at radius 2 is 1.88 bits per heavy atom. The summed E-state index contributed by atoms with van der Waals surface area (Å²) in [5, 5.41) is 21.1. The van der Waals surface area contributed by atoms with Crippen molar-refractivity contribution in [2.75, 3.05) is 5.48 Å². The molecule has 2 aromatic carbocycles. The lowest BCUT2D eigenvalue weighted by Gasteiger charge is -2.40. The van der Waals surface area contributed by atoms with Gasteiger partial charge in [0.1, 0.15) is 0 Å². The molecule has 2 aromatic rings. The molecule has 1 aliphatic carbocycles. The lowest BCUT2D eigenvalue weighted by Crippen LogP contribution is -2.38. The van der Waals surface area contributed by atoms with E-state index in [0.717, 1.165) is 49.7 Å². The van der Waals surface area contributed by atoms with Crippen LogP contribution in [0.5, 0.6) is 0 Å². The molecule has 3 N–H and O–H groups in total. The molecule has 0 radical (unpaired) electrons. The van der Waals surface area contributed by atoms with Gasteiger partial charge in [0, 0.05) is 5.92 Å². The second-order valence-electron chi connectivity index (χ2n) is 7.68. The van der Waals surface area contributed by atoms with E-state index >= 15 is 0 Å². The first kappa shape index (κ1) is 18.9. The lowest BCUT2D eigenvalue weighted by molar-refractivity contribution is -0.00155.